The molecule has 0 radical (unpaired) electrons. The highest BCUT2D eigenvalue weighted by atomic mass is 32.1. The van der Waals surface area contributed by atoms with Crippen LogP contribution in [0.2, 0.25) is 0 Å². The third-order valence-electron chi connectivity index (χ3n) is 7.46. The number of hydrogen-bond donors (Lipinski definition) is 3. The van der Waals surface area contributed by atoms with Crippen molar-refractivity contribution < 1.29 is 4.79 Å². The van der Waals surface area contributed by atoms with Gasteiger partial charge in [0.25, 0.3) is 5.56 Å². The summed E-state index contributed by atoms with van der Waals surface area (Å²) in [5, 5.41) is 9.79. The zero-order valence-corrected chi connectivity index (χ0v) is 22.2. The Morgan fingerprint density at radius 2 is 1.97 bits per heavy atom. The molecule has 2 aromatic heterocycles. The molecule has 2 aromatic carbocycles. The Bertz CT molecular complexity index is 1510. The minimum absolute atomic E-state index is 0.0820. The Hall–Kier alpha value is -3.75. The highest BCUT2D eigenvalue weighted by Gasteiger charge is 2.31. The minimum atomic E-state index is -0.518. The lowest BCUT2D eigenvalue weighted by atomic mass is 9.98. The SMILES string of the molecule is CC[C@@H](Nc1ncc2n(c1=O)[C@H](C(=O)NCc1cc3c(s1)CNC3)CC2)c1cccc(-c2ccccc2)c1. The van der Waals surface area contributed by atoms with Gasteiger partial charge in [-0.15, -0.1) is 11.3 Å². The van der Waals surface area contributed by atoms with Gasteiger partial charge in [0.05, 0.1) is 12.6 Å². The molecule has 2 atom stereocenters. The first-order valence-electron chi connectivity index (χ1n) is 13.2. The van der Waals surface area contributed by atoms with Crippen molar-refractivity contribution in [2.24, 2.45) is 0 Å². The van der Waals surface area contributed by atoms with Crippen LogP contribution in [0.15, 0.2) is 71.7 Å². The van der Waals surface area contributed by atoms with Crippen molar-refractivity contribution >= 4 is 23.1 Å². The van der Waals surface area contributed by atoms with Gasteiger partial charge in [0.15, 0.2) is 5.82 Å². The Morgan fingerprint density at radius 1 is 1.13 bits per heavy atom. The molecule has 6 rings (SSSR count). The Balaban J connectivity index is 1.19. The number of thiophene rings is 1. The standard InChI is InChI=1S/C30H31N5O2S/c1-2-25(21-10-6-9-20(13-21)19-7-4-3-5-8-19)34-28-30(37)35-23(16-32-28)11-12-26(35)29(36)33-17-24-14-22-15-31-18-27(22)38-24/h3-10,13-14,16,25-26,31H,2,11-12,15,17-18H2,1H3,(H,32,34)(H,33,36)/t25-,26+/m1/s1. The van der Waals surface area contributed by atoms with Crippen molar-refractivity contribution in [1.82, 2.24) is 20.2 Å². The van der Waals surface area contributed by atoms with Crippen LogP contribution in [-0.2, 0) is 30.8 Å². The first-order valence-corrected chi connectivity index (χ1v) is 14.0. The van der Waals surface area contributed by atoms with Gasteiger partial charge in [-0.1, -0.05) is 55.5 Å². The van der Waals surface area contributed by atoms with E-state index >= 15 is 0 Å². The lowest BCUT2D eigenvalue weighted by Gasteiger charge is -2.20. The number of hydrogen-bond acceptors (Lipinski definition) is 6. The molecule has 4 heterocycles. The molecule has 0 bridgehead atoms. The monoisotopic (exact) mass is 525 g/mol. The molecule has 2 aliphatic rings. The third kappa shape index (κ3) is 4.77. The van der Waals surface area contributed by atoms with Gasteiger partial charge in [-0.05, 0) is 53.6 Å². The van der Waals surface area contributed by atoms with Crippen LogP contribution < -0.4 is 21.5 Å². The number of rotatable bonds is 8. The van der Waals surface area contributed by atoms with E-state index in [9.17, 15) is 9.59 Å². The van der Waals surface area contributed by atoms with Crippen molar-refractivity contribution in [3.05, 3.63) is 104 Å². The second-order valence-corrected chi connectivity index (χ2v) is 11.1. The number of aryl methyl sites for hydroxylation is 1. The van der Waals surface area contributed by atoms with Crippen molar-refractivity contribution in [3.8, 4) is 11.1 Å². The summed E-state index contributed by atoms with van der Waals surface area (Å²) in [5.41, 5.74) is 5.26. The largest absolute Gasteiger partial charge is 0.359 e. The molecule has 38 heavy (non-hydrogen) atoms. The molecule has 0 saturated heterocycles. The Morgan fingerprint density at radius 3 is 2.79 bits per heavy atom. The number of fused-ring (bicyclic) bond motifs is 2. The van der Waals surface area contributed by atoms with Gasteiger partial charge in [0.2, 0.25) is 5.91 Å². The molecule has 0 saturated carbocycles. The van der Waals surface area contributed by atoms with Crippen LogP contribution >= 0.6 is 11.3 Å². The van der Waals surface area contributed by atoms with Crippen molar-refractivity contribution in [2.45, 2.75) is 57.9 Å². The van der Waals surface area contributed by atoms with E-state index in [1.165, 1.54) is 10.4 Å². The second kappa shape index (κ2) is 10.6. The second-order valence-electron chi connectivity index (χ2n) is 9.91. The van der Waals surface area contributed by atoms with Crippen molar-refractivity contribution in [3.63, 3.8) is 0 Å². The summed E-state index contributed by atoms with van der Waals surface area (Å²) in [6.07, 6.45) is 3.79. The van der Waals surface area contributed by atoms with Crippen LogP contribution in [-0.4, -0.2) is 15.5 Å². The quantitative estimate of drug-likeness (QED) is 0.303. The smallest absolute Gasteiger partial charge is 0.294 e. The van der Waals surface area contributed by atoms with Gasteiger partial charge >= 0.3 is 0 Å². The van der Waals surface area contributed by atoms with Gasteiger partial charge in [0, 0.05) is 34.7 Å². The van der Waals surface area contributed by atoms with Gasteiger partial charge in [0.1, 0.15) is 6.04 Å². The zero-order chi connectivity index (χ0) is 26.1. The molecule has 7 nitrogen and oxygen atoms in total. The molecular weight excluding hydrogens is 494 g/mol. The molecule has 8 heteroatoms. The molecule has 0 aliphatic carbocycles. The number of nitrogens with zero attached hydrogens (tertiary/aromatic N) is 2. The van der Waals surface area contributed by atoms with Crippen LogP contribution in [0.1, 0.15) is 58.4 Å². The molecule has 3 N–H and O–H groups in total. The first-order chi connectivity index (χ1) is 18.6. The number of carbonyl (C=O) groups excluding carboxylic acids is 1. The molecular formula is C30H31N5O2S. The van der Waals surface area contributed by atoms with E-state index < -0.39 is 6.04 Å². The fourth-order valence-corrected chi connectivity index (χ4v) is 6.56. The average Bonchev–Trinajstić information content (AvgIpc) is 3.68. The molecule has 0 unspecified atom stereocenters. The molecule has 4 aromatic rings. The van der Waals surface area contributed by atoms with E-state index in [4.69, 9.17) is 0 Å². The normalized spacial score (nSPS) is 16.6. The highest BCUT2D eigenvalue weighted by Crippen LogP contribution is 2.29. The number of aromatic nitrogens is 2. The van der Waals surface area contributed by atoms with E-state index in [1.807, 2.05) is 24.3 Å². The molecule has 2 aliphatic heterocycles. The van der Waals surface area contributed by atoms with Crippen molar-refractivity contribution in [1.29, 1.82) is 0 Å². The van der Waals surface area contributed by atoms with E-state index in [2.05, 4.69) is 64.3 Å². The number of amides is 1. The first kappa shape index (κ1) is 24.6. The van der Waals surface area contributed by atoms with E-state index in [-0.39, 0.29) is 23.3 Å². The molecule has 0 spiro atoms. The predicted octanol–water partition coefficient (Wildman–Crippen LogP) is 4.94. The lowest BCUT2D eigenvalue weighted by molar-refractivity contribution is -0.124. The van der Waals surface area contributed by atoms with Crippen molar-refractivity contribution in [2.75, 3.05) is 5.32 Å². The van der Waals surface area contributed by atoms with Crippen LogP contribution in [0.3, 0.4) is 0 Å². The van der Waals surface area contributed by atoms with E-state index in [1.54, 1.807) is 22.1 Å². The maximum absolute atomic E-state index is 13.6. The summed E-state index contributed by atoms with van der Waals surface area (Å²) in [4.78, 5) is 33.7. The van der Waals surface area contributed by atoms with Gasteiger partial charge in [-0.2, -0.15) is 0 Å². The summed E-state index contributed by atoms with van der Waals surface area (Å²) < 4.78 is 1.64. The fraction of sp³-hybridized carbons (Fsp3) is 0.300. The Kier molecular flexibility index (Phi) is 6.82. The van der Waals surface area contributed by atoms with Crippen LogP contribution in [0.5, 0.6) is 0 Å². The predicted molar refractivity (Wildman–Crippen MR) is 151 cm³/mol. The van der Waals surface area contributed by atoms with E-state index in [0.717, 1.165) is 46.8 Å². The number of anilines is 1. The third-order valence-corrected chi connectivity index (χ3v) is 8.64. The lowest BCUT2D eigenvalue weighted by Crippen LogP contribution is -2.36. The van der Waals surface area contributed by atoms with Gasteiger partial charge in [-0.25, -0.2) is 4.98 Å². The van der Waals surface area contributed by atoms with Gasteiger partial charge in [-0.3, -0.25) is 14.2 Å². The topological polar surface area (TPSA) is 88.0 Å². The zero-order valence-electron chi connectivity index (χ0n) is 21.4. The van der Waals surface area contributed by atoms with Crippen LogP contribution in [0.4, 0.5) is 5.82 Å². The molecule has 194 valence electrons. The molecule has 0 fully saturated rings. The maximum Gasteiger partial charge on any atom is 0.294 e. The summed E-state index contributed by atoms with van der Waals surface area (Å²) in [5.74, 6) is 0.171. The maximum atomic E-state index is 13.6. The number of benzene rings is 2. The molecule has 1 amide bonds. The highest BCUT2D eigenvalue weighted by molar-refractivity contribution is 7.12. The van der Waals surface area contributed by atoms with Crippen LogP contribution in [0.25, 0.3) is 11.1 Å². The average molecular weight is 526 g/mol. The summed E-state index contributed by atoms with van der Waals surface area (Å²) in [6, 6.07) is 20.2. The number of nitrogens with one attached hydrogen (secondary N) is 3. The number of carbonyl (C=O) groups is 1. The minimum Gasteiger partial charge on any atom is -0.359 e. The fourth-order valence-electron chi connectivity index (χ4n) is 5.46. The van der Waals surface area contributed by atoms with Crippen LogP contribution in [0, 0.1) is 0 Å². The summed E-state index contributed by atoms with van der Waals surface area (Å²) in [6.45, 7) is 4.37. The van der Waals surface area contributed by atoms with Gasteiger partial charge < -0.3 is 16.0 Å². The Labute approximate surface area is 226 Å². The van der Waals surface area contributed by atoms with E-state index in [0.29, 0.717) is 19.4 Å². The summed E-state index contributed by atoms with van der Waals surface area (Å²) >= 11 is 1.74. The summed E-state index contributed by atoms with van der Waals surface area (Å²) in [7, 11) is 0.